The fraction of sp³-hybridized carbons (Fsp3) is 0.231. The summed E-state index contributed by atoms with van der Waals surface area (Å²) in [6, 6.07) is 14.8. The molecule has 2 fully saturated rings. The molecule has 0 bridgehead atoms. The number of primary amides is 1. The van der Waals surface area contributed by atoms with E-state index in [-0.39, 0.29) is 10.6 Å². The van der Waals surface area contributed by atoms with E-state index < -0.39 is 17.6 Å². The lowest BCUT2D eigenvalue weighted by Crippen LogP contribution is -2.30. The zero-order valence-electron chi connectivity index (χ0n) is 18.4. The Morgan fingerprint density at radius 3 is 2.50 bits per heavy atom. The van der Waals surface area contributed by atoms with Gasteiger partial charge in [-0.1, -0.05) is 35.3 Å². The fourth-order valence-corrected chi connectivity index (χ4v) is 5.12. The molecule has 0 aromatic heterocycles. The highest BCUT2D eigenvalue weighted by Crippen LogP contribution is 2.48. The van der Waals surface area contributed by atoms with Crippen LogP contribution < -0.4 is 15.5 Å². The molecular formula is C26H22Cl2FN3O2. The highest BCUT2D eigenvalue weighted by atomic mass is 35.5. The first-order valence-corrected chi connectivity index (χ1v) is 11.7. The molecule has 174 valence electrons. The van der Waals surface area contributed by atoms with E-state index in [9.17, 15) is 14.0 Å². The molecule has 2 N–H and O–H groups in total. The maximum Gasteiger partial charge on any atom is 0.259 e. The van der Waals surface area contributed by atoms with E-state index >= 15 is 0 Å². The van der Waals surface area contributed by atoms with E-state index in [2.05, 4.69) is 4.90 Å². The van der Waals surface area contributed by atoms with E-state index in [4.69, 9.17) is 28.9 Å². The summed E-state index contributed by atoms with van der Waals surface area (Å²) in [6.07, 6.45) is 1.23. The zero-order valence-corrected chi connectivity index (χ0v) is 19.9. The van der Waals surface area contributed by atoms with Gasteiger partial charge in [-0.3, -0.25) is 9.59 Å². The lowest BCUT2D eigenvalue weighted by molar-refractivity contribution is 0.0987. The Labute approximate surface area is 206 Å². The van der Waals surface area contributed by atoms with Crippen molar-refractivity contribution in [1.82, 2.24) is 0 Å². The van der Waals surface area contributed by atoms with Gasteiger partial charge in [0, 0.05) is 36.3 Å². The summed E-state index contributed by atoms with van der Waals surface area (Å²) in [5.41, 5.74) is 8.95. The number of benzene rings is 3. The number of halogens is 3. The first kappa shape index (κ1) is 22.7. The molecule has 2 unspecified atom stereocenters. The number of piperidine rings is 1. The van der Waals surface area contributed by atoms with Crippen LogP contribution in [0.25, 0.3) is 11.1 Å². The molecule has 1 aliphatic heterocycles. The van der Waals surface area contributed by atoms with Gasteiger partial charge in [-0.2, -0.15) is 0 Å². The van der Waals surface area contributed by atoms with Gasteiger partial charge in [-0.05, 0) is 66.3 Å². The smallest absolute Gasteiger partial charge is 0.259 e. The van der Waals surface area contributed by atoms with Gasteiger partial charge in [-0.15, -0.1) is 0 Å². The van der Waals surface area contributed by atoms with Gasteiger partial charge in [0.1, 0.15) is 5.82 Å². The third-order valence-corrected chi connectivity index (χ3v) is 7.42. The Bertz CT molecular complexity index is 1320. The van der Waals surface area contributed by atoms with Crippen molar-refractivity contribution in [1.29, 1.82) is 0 Å². The number of anilines is 2. The maximum atomic E-state index is 14.0. The average Bonchev–Trinajstić information content (AvgIpc) is 3.44. The molecule has 0 radical (unpaired) electrons. The number of hydrogen-bond donors (Lipinski definition) is 1. The van der Waals surface area contributed by atoms with E-state index in [0.29, 0.717) is 33.7 Å². The zero-order chi connectivity index (χ0) is 24.1. The van der Waals surface area contributed by atoms with E-state index in [1.807, 2.05) is 18.2 Å². The van der Waals surface area contributed by atoms with Crippen molar-refractivity contribution in [2.75, 3.05) is 29.9 Å². The molecule has 2 amide bonds. The van der Waals surface area contributed by atoms with Crippen LogP contribution in [0.2, 0.25) is 10.0 Å². The first-order chi connectivity index (χ1) is 16.2. The van der Waals surface area contributed by atoms with Gasteiger partial charge in [0.15, 0.2) is 0 Å². The Balaban J connectivity index is 1.58. The molecule has 34 heavy (non-hydrogen) atoms. The first-order valence-electron chi connectivity index (χ1n) is 11.0. The Morgan fingerprint density at radius 2 is 1.79 bits per heavy atom. The number of amides is 2. The Hall–Kier alpha value is -3.09. The molecule has 5 rings (SSSR count). The molecule has 1 saturated heterocycles. The van der Waals surface area contributed by atoms with Crippen LogP contribution in [0.5, 0.6) is 0 Å². The number of nitrogens with zero attached hydrogens (tertiary/aromatic N) is 2. The summed E-state index contributed by atoms with van der Waals surface area (Å²) >= 11 is 12.6. The molecular weight excluding hydrogens is 476 g/mol. The van der Waals surface area contributed by atoms with E-state index in [1.54, 1.807) is 25.2 Å². The van der Waals surface area contributed by atoms with E-state index in [1.165, 1.54) is 29.5 Å². The van der Waals surface area contributed by atoms with Crippen molar-refractivity contribution in [3.05, 3.63) is 81.6 Å². The van der Waals surface area contributed by atoms with Crippen molar-refractivity contribution < 1.29 is 14.0 Å². The largest absolute Gasteiger partial charge is 0.369 e. The average molecular weight is 498 g/mol. The molecule has 8 heteroatoms. The molecule has 2 atom stereocenters. The molecule has 3 aromatic rings. The standard InChI is InChI=1S/C26H22Cl2FN3O2/c1-31(26(34)18-3-2-4-21(29)24(18)28)22-8-6-14(11-23(22)32-12-16-9-17(16)13-32)19-10-15(25(30)33)5-7-20(19)27/h2-8,10-11,16-17H,9,12-13H2,1H3,(H2,30,33). The van der Waals surface area contributed by atoms with Crippen LogP contribution >= 0.6 is 23.2 Å². The third-order valence-electron chi connectivity index (χ3n) is 6.70. The van der Waals surface area contributed by atoms with Crippen LogP contribution in [0.15, 0.2) is 54.6 Å². The Morgan fingerprint density at radius 1 is 1.06 bits per heavy atom. The highest BCUT2D eigenvalue weighted by Gasteiger charge is 2.45. The van der Waals surface area contributed by atoms with Gasteiger partial charge >= 0.3 is 0 Å². The lowest BCUT2D eigenvalue weighted by atomic mass is 10.0. The number of carbonyl (C=O) groups is 2. The topological polar surface area (TPSA) is 66.6 Å². The summed E-state index contributed by atoms with van der Waals surface area (Å²) in [6.45, 7) is 1.80. The predicted octanol–water partition coefficient (Wildman–Crippen LogP) is 5.63. The number of rotatable bonds is 5. The second kappa shape index (κ2) is 8.60. The molecule has 1 heterocycles. The molecule has 5 nitrogen and oxygen atoms in total. The lowest BCUT2D eigenvalue weighted by Gasteiger charge is -2.29. The van der Waals surface area contributed by atoms with Crippen LogP contribution in [0, 0.1) is 17.7 Å². The minimum Gasteiger partial charge on any atom is -0.369 e. The third kappa shape index (κ3) is 4.01. The highest BCUT2D eigenvalue weighted by molar-refractivity contribution is 6.35. The van der Waals surface area contributed by atoms with Crippen LogP contribution in [0.4, 0.5) is 15.8 Å². The molecule has 1 aliphatic carbocycles. The minimum absolute atomic E-state index is 0.0978. The van der Waals surface area contributed by atoms with E-state index in [0.717, 1.165) is 24.3 Å². The SMILES string of the molecule is CN(C(=O)c1cccc(F)c1Cl)c1ccc(-c2cc(C(N)=O)ccc2Cl)cc1N1CC2CC2C1. The van der Waals surface area contributed by atoms with Gasteiger partial charge < -0.3 is 15.5 Å². The molecule has 2 aliphatic rings. The van der Waals surface area contributed by atoms with Crippen molar-refractivity contribution >= 4 is 46.4 Å². The van der Waals surface area contributed by atoms with Gasteiger partial charge in [0.2, 0.25) is 5.91 Å². The second-order valence-electron chi connectivity index (χ2n) is 8.89. The summed E-state index contributed by atoms with van der Waals surface area (Å²) in [5.74, 6) is -0.252. The molecule has 0 spiro atoms. The summed E-state index contributed by atoms with van der Waals surface area (Å²) < 4.78 is 14.0. The maximum absolute atomic E-state index is 14.0. The van der Waals surface area contributed by atoms with Crippen molar-refractivity contribution in [3.8, 4) is 11.1 Å². The minimum atomic E-state index is -0.639. The quantitative estimate of drug-likeness (QED) is 0.496. The van der Waals surface area contributed by atoms with Crippen LogP contribution in [-0.2, 0) is 0 Å². The van der Waals surface area contributed by atoms with Gasteiger partial charge in [0.05, 0.1) is 22.0 Å². The summed E-state index contributed by atoms with van der Waals surface area (Å²) in [4.78, 5) is 28.7. The van der Waals surface area contributed by atoms with Crippen LogP contribution in [-0.4, -0.2) is 32.0 Å². The number of nitrogens with two attached hydrogens (primary N) is 1. The van der Waals surface area contributed by atoms with Crippen LogP contribution in [0.1, 0.15) is 27.1 Å². The molecule has 1 saturated carbocycles. The number of hydrogen-bond acceptors (Lipinski definition) is 3. The van der Waals surface area contributed by atoms with Crippen LogP contribution in [0.3, 0.4) is 0 Å². The summed E-state index contributed by atoms with van der Waals surface area (Å²) in [7, 11) is 1.65. The Kier molecular flexibility index (Phi) is 5.74. The van der Waals surface area contributed by atoms with Gasteiger partial charge in [0.25, 0.3) is 5.91 Å². The summed E-state index contributed by atoms with van der Waals surface area (Å²) in [5, 5.41) is 0.291. The normalized spacial score (nSPS) is 18.5. The number of carbonyl (C=O) groups excluding carboxylic acids is 2. The molecule has 3 aromatic carbocycles. The monoisotopic (exact) mass is 497 g/mol. The van der Waals surface area contributed by atoms with Crippen molar-refractivity contribution in [2.45, 2.75) is 6.42 Å². The predicted molar refractivity (Wildman–Crippen MR) is 133 cm³/mol. The number of fused-ring (bicyclic) bond motifs is 1. The fourth-order valence-electron chi connectivity index (χ4n) is 4.68. The van der Waals surface area contributed by atoms with Crippen molar-refractivity contribution in [3.63, 3.8) is 0 Å². The van der Waals surface area contributed by atoms with Gasteiger partial charge in [-0.25, -0.2) is 4.39 Å². The van der Waals surface area contributed by atoms with Crippen molar-refractivity contribution in [2.24, 2.45) is 17.6 Å². The second-order valence-corrected chi connectivity index (χ2v) is 9.67.